The van der Waals surface area contributed by atoms with Gasteiger partial charge in [0.15, 0.2) is 0 Å². The second-order valence-electron chi connectivity index (χ2n) is 6.05. The zero-order chi connectivity index (χ0) is 19.2. The summed E-state index contributed by atoms with van der Waals surface area (Å²) in [6, 6.07) is 18.2. The molecule has 0 aliphatic heterocycles. The largest absolute Gasteiger partial charge is 0.507 e. The first-order valence-electron chi connectivity index (χ1n) is 8.42. The Morgan fingerprint density at radius 2 is 1.74 bits per heavy atom. The number of anilines is 1. The van der Waals surface area contributed by atoms with E-state index in [0.717, 1.165) is 16.3 Å². The molecular formula is C21H19N3O3. The van der Waals surface area contributed by atoms with E-state index >= 15 is 0 Å². The Morgan fingerprint density at radius 1 is 1.00 bits per heavy atom. The maximum atomic E-state index is 12.0. The SMILES string of the molecule is Cc1ccccc1NC(=O)CC(=O)N/N=C/c1c(O)ccc2ccccc12. The van der Waals surface area contributed by atoms with Crippen molar-refractivity contribution in [3.63, 3.8) is 0 Å². The van der Waals surface area contributed by atoms with E-state index in [0.29, 0.717) is 11.3 Å². The van der Waals surface area contributed by atoms with E-state index in [4.69, 9.17) is 0 Å². The van der Waals surface area contributed by atoms with Crippen molar-refractivity contribution >= 4 is 34.5 Å². The van der Waals surface area contributed by atoms with Crippen LogP contribution in [-0.2, 0) is 9.59 Å². The van der Waals surface area contributed by atoms with Crippen LogP contribution in [0.25, 0.3) is 10.8 Å². The van der Waals surface area contributed by atoms with E-state index in [9.17, 15) is 14.7 Å². The number of nitrogens with one attached hydrogen (secondary N) is 2. The van der Waals surface area contributed by atoms with Crippen molar-refractivity contribution in [3.8, 4) is 5.75 Å². The third-order valence-electron chi connectivity index (χ3n) is 4.07. The molecule has 3 N–H and O–H groups in total. The van der Waals surface area contributed by atoms with Gasteiger partial charge in [-0.3, -0.25) is 9.59 Å². The lowest BCUT2D eigenvalue weighted by Crippen LogP contribution is -2.24. The molecule has 0 radical (unpaired) electrons. The fraction of sp³-hybridized carbons (Fsp3) is 0.0952. The van der Waals surface area contributed by atoms with Crippen LogP contribution in [0.2, 0.25) is 0 Å². The average molecular weight is 361 g/mol. The van der Waals surface area contributed by atoms with Gasteiger partial charge in [-0.15, -0.1) is 0 Å². The molecule has 3 aromatic rings. The van der Waals surface area contributed by atoms with Crippen molar-refractivity contribution in [3.05, 3.63) is 71.8 Å². The number of fused-ring (bicyclic) bond motifs is 1. The molecule has 3 aromatic carbocycles. The molecule has 0 fully saturated rings. The van der Waals surface area contributed by atoms with Gasteiger partial charge in [-0.25, -0.2) is 5.43 Å². The maximum Gasteiger partial charge on any atom is 0.249 e. The van der Waals surface area contributed by atoms with Gasteiger partial charge in [-0.05, 0) is 35.4 Å². The van der Waals surface area contributed by atoms with E-state index in [2.05, 4.69) is 15.8 Å². The number of carbonyl (C=O) groups excluding carboxylic acids is 2. The molecule has 0 unspecified atom stereocenters. The van der Waals surface area contributed by atoms with Crippen LogP contribution in [0, 0.1) is 6.92 Å². The van der Waals surface area contributed by atoms with Crippen LogP contribution in [-0.4, -0.2) is 23.1 Å². The van der Waals surface area contributed by atoms with E-state index in [1.807, 2.05) is 49.4 Å². The Kier molecular flexibility index (Phi) is 5.47. The lowest BCUT2D eigenvalue weighted by molar-refractivity contribution is -0.126. The van der Waals surface area contributed by atoms with Gasteiger partial charge in [-0.1, -0.05) is 48.5 Å². The fourth-order valence-corrected chi connectivity index (χ4v) is 2.68. The number of rotatable bonds is 5. The quantitative estimate of drug-likeness (QED) is 0.370. The summed E-state index contributed by atoms with van der Waals surface area (Å²) in [6.45, 7) is 1.87. The minimum atomic E-state index is -0.544. The van der Waals surface area contributed by atoms with E-state index in [-0.39, 0.29) is 12.2 Å². The Balaban J connectivity index is 1.62. The third-order valence-corrected chi connectivity index (χ3v) is 4.07. The molecule has 2 amide bonds. The number of hydrazone groups is 1. The number of hydrogen-bond donors (Lipinski definition) is 3. The molecule has 0 bridgehead atoms. The van der Waals surface area contributed by atoms with Crippen molar-refractivity contribution in [1.82, 2.24) is 5.43 Å². The summed E-state index contributed by atoms with van der Waals surface area (Å²) in [6.07, 6.45) is 1.02. The third kappa shape index (κ3) is 4.49. The van der Waals surface area contributed by atoms with Crippen molar-refractivity contribution < 1.29 is 14.7 Å². The number of carbonyl (C=O) groups is 2. The van der Waals surface area contributed by atoms with Gasteiger partial charge in [0.05, 0.1) is 6.21 Å². The van der Waals surface area contributed by atoms with Gasteiger partial charge in [0.2, 0.25) is 11.8 Å². The van der Waals surface area contributed by atoms with Crippen LogP contribution in [0.4, 0.5) is 5.69 Å². The molecule has 6 nitrogen and oxygen atoms in total. The Labute approximate surface area is 156 Å². The summed E-state index contributed by atoms with van der Waals surface area (Å²) in [7, 11) is 0. The summed E-state index contributed by atoms with van der Waals surface area (Å²) in [5, 5.41) is 18.4. The molecule has 0 atom stereocenters. The van der Waals surface area contributed by atoms with Gasteiger partial charge in [0.25, 0.3) is 0 Å². The highest BCUT2D eigenvalue weighted by Gasteiger charge is 2.10. The summed E-state index contributed by atoms with van der Waals surface area (Å²) < 4.78 is 0. The average Bonchev–Trinajstić information content (AvgIpc) is 2.65. The number of benzene rings is 3. The molecule has 136 valence electrons. The number of para-hydroxylation sites is 1. The number of aryl methyl sites for hydroxylation is 1. The Hall–Kier alpha value is -3.67. The van der Waals surface area contributed by atoms with Gasteiger partial charge in [0.1, 0.15) is 12.2 Å². The molecule has 6 heteroatoms. The summed E-state index contributed by atoms with van der Waals surface area (Å²) in [4.78, 5) is 23.9. The van der Waals surface area contributed by atoms with Crippen LogP contribution < -0.4 is 10.7 Å². The smallest absolute Gasteiger partial charge is 0.249 e. The first-order valence-corrected chi connectivity index (χ1v) is 8.42. The maximum absolute atomic E-state index is 12.0. The first kappa shape index (κ1) is 18.1. The topological polar surface area (TPSA) is 90.8 Å². The van der Waals surface area contributed by atoms with Crippen LogP contribution in [0.5, 0.6) is 5.75 Å². The number of aromatic hydroxyl groups is 1. The number of phenolic OH excluding ortho intramolecular Hbond substituents is 1. The molecule has 0 aromatic heterocycles. The predicted molar refractivity (Wildman–Crippen MR) is 106 cm³/mol. The summed E-state index contributed by atoms with van der Waals surface area (Å²) in [5.74, 6) is -0.911. The zero-order valence-corrected chi connectivity index (χ0v) is 14.8. The molecule has 0 aliphatic carbocycles. The number of amides is 2. The Morgan fingerprint density at radius 3 is 2.56 bits per heavy atom. The van der Waals surface area contributed by atoms with Crippen molar-refractivity contribution in [2.24, 2.45) is 5.10 Å². The first-order chi connectivity index (χ1) is 13.0. The van der Waals surface area contributed by atoms with Crippen LogP contribution >= 0.6 is 0 Å². The summed E-state index contributed by atoms with van der Waals surface area (Å²) in [5.41, 5.74) is 4.39. The predicted octanol–water partition coefficient (Wildman–Crippen LogP) is 3.33. The molecule has 0 heterocycles. The Bertz CT molecular complexity index is 1030. The minimum absolute atomic E-state index is 0.0593. The number of phenols is 1. The van der Waals surface area contributed by atoms with Crippen LogP contribution in [0.3, 0.4) is 0 Å². The van der Waals surface area contributed by atoms with Gasteiger partial charge < -0.3 is 10.4 Å². The number of hydrogen-bond acceptors (Lipinski definition) is 4. The van der Waals surface area contributed by atoms with Crippen molar-refractivity contribution in [2.75, 3.05) is 5.32 Å². The highest BCUT2D eigenvalue weighted by Crippen LogP contribution is 2.25. The molecule has 0 saturated carbocycles. The summed E-state index contributed by atoms with van der Waals surface area (Å²) >= 11 is 0. The highest BCUT2D eigenvalue weighted by atomic mass is 16.3. The van der Waals surface area contributed by atoms with Gasteiger partial charge in [-0.2, -0.15) is 5.10 Å². The van der Waals surface area contributed by atoms with Gasteiger partial charge in [0, 0.05) is 11.3 Å². The van der Waals surface area contributed by atoms with Crippen molar-refractivity contribution in [1.29, 1.82) is 0 Å². The van der Waals surface area contributed by atoms with E-state index in [1.54, 1.807) is 18.2 Å². The number of nitrogens with zero attached hydrogens (tertiary/aromatic N) is 1. The molecule has 3 rings (SSSR count). The van der Waals surface area contributed by atoms with E-state index < -0.39 is 11.8 Å². The lowest BCUT2D eigenvalue weighted by Gasteiger charge is -2.07. The highest BCUT2D eigenvalue weighted by molar-refractivity contribution is 6.05. The zero-order valence-electron chi connectivity index (χ0n) is 14.8. The molecule has 0 saturated heterocycles. The monoisotopic (exact) mass is 361 g/mol. The molecule has 0 aliphatic rings. The standard InChI is InChI=1S/C21H19N3O3/c1-14-6-2-5-9-18(14)23-20(26)12-21(27)24-22-13-17-16-8-4-3-7-15(16)10-11-19(17)25/h2-11,13,25H,12H2,1H3,(H,23,26)(H,24,27)/b22-13+. The van der Waals surface area contributed by atoms with E-state index in [1.165, 1.54) is 6.21 Å². The molecule has 27 heavy (non-hydrogen) atoms. The van der Waals surface area contributed by atoms with Gasteiger partial charge >= 0.3 is 0 Å². The minimum Gasteiger partial charge on any atom is -0.507 e. The van der Waals surface area contributed by atoms with Crippen LogP contribution in [0.15, 0.2) is 65.8 Å². The van der Waals surface area contributed by atoms with Crippen molar-refractivity contribution in [2.45, 2.75) is 13.3 Å². The molecule has 0 spiro atoms. The second kappa shape index (κ2) is 8.14. The lowest BCUT2D eigenvalue weighted by atomic mass is 10.0. The second-order valence-corrected chi connectivity index (χ2v) is 6.05. The molecular weight excluding hydrogens is 342 g/mol. The fourth-order valence-electron chi connectivity index (χ4n) is 2.68. The normalized spacial score (nSPS) is 10.9. The van der Waals surface area contributed by atoms with Crippen LogP contribution in [0.1, 0.15) is 17.5 Å².